The molecule has 1 heterocycles. The molecule has 1 aliphatic rings. The number of morpholine rings is 1. The Kier molecular flexibility index (Phi) is 8.92. The van der Waals surface area contributed by atoms with Gasteiger partial charge >= 0.3 is 0 Å². The highest BCUT2D eigenvalue weighted by Crippen LogP contribution is 2.14. The molecule has 0 spiro atoms. The zero-order chi connectivity index (χ0) is 18.8. The van der Waals surface area contributed by atoms with Gasteiger partial charge in [0.15, 0.2) is 0 Å². The first-order valence-corrected chi connectivity index (χ1v) is 9.84. The number of unbranched alkanes of at least 4 members (excludes halogenated alkanes) is 1. The number of carbonyl (C=O) groups excluding carboxylic acids is 1. The maximum atomic E-state index is 12.1. The predicted molar refractivity (Wildman–Crippen MR) is 105 cm³/mol. The number of carbonyl (C=O) groups is 1. The molecule has 1 aliphatic heterocycles. The van der Waals surface area contributed by atoms with Crippen LogP contribution >= 0.6 is 0 Å². The molecule has 0 bridgehead atoms. The third kappa shape index (κ3) is 7.34. The first kappa shape index (κ1) is 20.7. The third-order valence-corrected chi connectivity index (χ3v) is 4.85. The van der Waals surface area contributed by atoms with Crippen molar-refractivity contribution in [3.63, 3.8) is 0 Å². The number of nitrogens with zero attached hydrogens (tertiary/aromatic N) is 1. The molecule has 0 aliphatic carbocycles. The number of hydrogen-bond acceptors (Lipinski definition) is 4. The Bertz CT molecular complexity index is 542. The maximum Gasteiger partial charge on any atom is 0.220 e. The number of hydrogen-bond donors (Lipinski definition) is 1. The lowest BCUT2D eigenvalue weighted by molar-refractivity contribution is -0.121. The van der Waals surface area contributed by atoms with E-state index in [2.05, 4.69) is 37.1 Å². The van der Waals surface area contributed by atoms with Gasteiger partial charge in [0.2, 0.25) is 5.91 Å². The van der Waals surface area contributed by atoms with Crippen LogP contribution in [0.1, 0.15) is 38.7 Å². The van der Waals surface area contributed by atoms with Gasteiger partial charge in [0.25, 0.3) is 0 Å². The van der Waals surface area contributed by atoms with Crippen molar-refractivity contribution < 1.29 is 14.3 Å². The highest BCUT2D eigenvalue weighted by Gasteiger charge is 2.24. The summed E-state index contributed by atoms with van der Waals surface area (Å²) in [6.45, 7) is 11.3. The van der Waals surface area contributed by atoms with E-state index in [9.17, 15) is 4.79 Å². The van der Waals surface area contributed by atoms with Crippen molar-refractivity contribution in [3.05, 3.63) is 29.8 Å². The summed E-state index contributed by atoms with van der Waals surface area (Å²) in [5, 5.41) is 3.12. The van der Waals surface area contributed by atoms with Gasteiger partial charge in [-0.25, -0.2) is 0 Å². The molecule has 1 atom stereocenters. The van der Waals surface area contributed by atoms with Gasteiger partial charge in [-0.05, 0) is 43.4 Å². The van der Waals surface area contributed by atoms with E-state index in [0.29, 0.717) is 25.0 Å². The van der Waals surface area contributed by atoms with Gasteiger partial charge in [0.1, 0.15) is 5.75 Å². The quantitative estimate of drug-likeness (QED) is 0.650. The normalized spacial score (nSPS) is 16.5. The van der Waals surface area contributed by atoms with Gasteiger partial charge in [0, 0.05) is 32.1 Å². The fourth-order valence-corrected chi connectivity index (χ4v) is 3.29. The Morgan fingerprint density at radius 2 is 2.04 bits per heavy atom. The van der Waals surface area contributed by atoms with Gasteiger partial charge in [0.05, 0.1) is 19.8 Å². The van der Waals surface area contributed by atoms with Crippen LogP contribution in [0, 0.1) is 12.8 Å². The van der Waals surface area contributed by atoms with Crippen molar-refractivity contribution in [1.29, 1.82) is 0 Å². The molecule has 0 saturated carbocycles. The number of benzene rings is 1. The van der Waals surface area contributed by atoms with Crippen molar-refractivity contribution in [3.8, 4) is 5.75 Å². The van der Waals surface area contributed by atoms with Crippen molar-refractivity contribution in [2.45, 2.75) is 46.1 Å². The first-order chi connectivity index (χ1) is 12.6. The van der Waals surface area contributed by atoms with Gasteiger partial charge in [-0.2, -0.15) is 0 Å². The highest BCUT2D eigenvalue weighted by atomic mass is 16.5. The molecule has 0 radical (unpaired) electrons. The van der Waals surface area contributed by atoms with Gasteiger partial charge in [-0.1, -0.05) is 26.0 Å². The Labute approximate surface area is 158 Å². The highest BCUT2D eigenvalue weighted by molar-refractivity contribution is 5.75. The zero-order valence-electron chi connectivity index (χ0n) is 16.5. The molecule has 26 heavy (non-hydrogen) atoms. The van der Waals surface area contributed by atoms with Crippen molar-refractivity contribution in [1.82, 2.24) is 10.2 Å². The summed E-state index contributed by atoms with van der Waals surface area (Å²) in [5.74, 6) is 1.55. The molecule has 1 aromatic rings. The minimum absolute atomic E-state index is 0.138. The lowest BCUT2D eigenvalue weighted by Gasteiger charge is -2.36. The van der Waals surface area contributed by atoms with Crippen LogP contribution in [0.3, 0.4) is 0 Å². The van der Waals surface area contributed by atoms with Crippen LogP contribution in [0.25, 0.3) is 0 Å². The molecule has 146 valence electrons. The van der Waals surface area contributed by atoms with Crippen LogP contribution < -0.4 is 10.1 Å². The SMILES string of the molecule is Cc1cccc(OCCCCC(=O)NCC(C(C)C)N2CCOCC2)c1. The van der Waals surface area contributed by atoms with E-state index in [4.69, 9.17) is 9.47 Å². The topological polar surface area (TPSA) is 50.8 Å². The lowest BCUT2D eigenvalue weighted by atomic mass is 10.0. The predicted octanol–water partition coefficient (Wildman–Crippen LogP) is 3.02. The molecule has 5 heteroatoms. The summed E-state index contributed by atoms with van der Waals surface area (Å²) in [7, 11) is 0. The Hall–Kier alpha value is -1.59. The largest absolute Gasteiger partial charge is 0.494 e. The molecule has 1 aromatic carbocycles. The molecular weight excluding hydrogens is 328 g/mol. The monoisotopic (exact) mass is 362 g/mol. The van der Waals surface area contributed by atoms with Gasteiger partial charge in [-0.3, -0.25) is 9.69 Å². The Morgan fingerprint density at radius 1 is 1.27 bits per heavy atom. The van der Waals surface area contributed by atoms with E-state index in [0.717, 1.165) is 51.4 Å². The van der Waals surface area contributed by atoms with Crippen LogP contribution in [0.5, 0.6) is 5.75 Å². The molecule has 1 fully saturated rings. The molecule has 1 saturated heterocycles. The zero-order valence-corrected chi connectivity index (χ0v) is 16.5. The first-order valence-electron chi connectivity index (χ1n) is 9.84. The van der Waals surface area contributed by atoms with E-state index < -0.39 is 0 Å². The van der Waals surface area contributed by atoms with E-state index >= 15 is 0 Å². The number of aryl methyl sites for hydroxylation is 1. The molecule has 2 rings (SSSR count). The van der Waals surface area contributed by atoms with Crippen LogP contribution in [0.15, 0.2) is 24.3 Å². The summed E-state index contributed by atoms with van der Waals surface area (Å²) in [5.41, 5.74) is 1.20. The molecule has 1 unspecified atom stereocenters. The van der Waals surface area contributed by atoms with Crippen LogP contribution in [0.4, 0.5) is 0 Å². The minimum Gasteiger partial charge on any atom is -0.494 e. The summed E-state index contributed by atoms with van der Waals surface area (Å²) in [6, 6.07) is 8.44. The van der Waals surface area contributed by atoms with E-state index in [1.807, 2.05) is 18.2 Å². The number of rotatable bonds is 10. The number of ether oxygens (including phenoxy) is 2. The number of amides is 1. The van der Waals surface area contributed by atoms with Crippen molar-refractivity contribution in [2.75, 3.05) is 39.5 Å². The second-order valence-corrected chi connectivity index (χ2v) is 7.39. The van der Waals surface area contributed by atoms with E-state index in [-0.39, 0.29) is 5.91 Å². The average Bonchev–Trinajstić information content (AvgIpc) is 2.62. The molecule has 1 amide bonds. The van der Waals surface area contributed by atoms with Crippen molar-refractivity contribution in [2.24, 2.45) is 5.92 Å². The average molecular weight is 363 g/mol. The molecule has 5 nitrogen and oxygen atoms in total. The van der Waals surface area contributed by atoms with E-state index in [1.165, 1.54) is 5.56 Å². The summed E-state index contributed by atoms with van der Waals surface area (Å²) >= 11 is 0. The van der Waals surface area contributed by atoms with Crippen LogP contribution in [-0.2, 0) is 9.53 Å². The third-order valence-electron chi connectivity index (χ3n) is 4.85. The molecule has 0 aromatic heterocycles. The van der Waals surface area contributed by atoms with E-state index in [1.54, 1.807) is 0 Å². The van der Waals surface area contributed by atoms with Gasteiger partial charge < -0.3 is 14.8 Å². The summed E-state index contributed by atoms with van der Waals surface area (Å²) in [6.07, 6.45) is 2.30. The maximum absolute atomic E-state index is 12.1. The molecular formula is C21H34N2O3. The second-order valence-electron chi connectivity index (χ2n) is 7.39. The van der Waals surface area contributed by atoms with Gasteiger partial charge in [-0.15, -0.1) is 0 Å². The van der Waals surface area contributed by atoms with Crippen molar-refractivity contribution >= 4 is 5.91 Å². The Balaban J connectivity index is 1.60. The second kappa shape index (κ2) is 11.2. The van der Waals surface area contributed by atoms with Crippen LogP contribution in [-0.4, -0.2) is 56.3 Å². The molecule has 1 N–H and O–H groups in total. The fraction of sp³-hybridized carbons (Fsp3) is 0.667. The summed E-state index contributed by atoms with van der Waals surface area (Å²) < 4.78 is 11.2. The standard InChI is InChI=1S/C21H34N2O3/c1-17(2)20(23-10-13-25-14-11-23)16-22-21(24)9-4-5-12-26-19-8-6-7-18(3)15-19/h6-8,15,17,20H,4-5,9-14,16H2,1-3H3,(H,22,24). The summed E-state index contributed by atoms with van der Waals surface area (Å²) in [4.78, 5) is 14.6. The fourth-order valence-electron chi connectivity index (χ4n) is 3.29. The lowest BCUT2D eigenvalue weighted by Crippen LogP contribution is -2.51. The number of nitrogens with one attached hydrogen (secondary N) is 1. The smallest absolute Gasteiger partial charge is 0.220 e. The van der Waals surface area contributed by atoms with Crippen LogP contribution in [0.2, 0.25) is 0 Å². The minimum atomic E-state index is 0.138. The Morgan fingerprint density at radius 3 is 2.73 bits per heavy atom.